The van der Waals surface area contributed by atoms with Gasteiger partial charge in [-0.05, 0) is 27.1 Å². The molecule has 0 spiro atoms. The molecule has 0 aliphatic rings. The first-order valence-electron chi connectivity index (χ1n) is 4.74. The van der Waals surface area contributed by atoms with Gasteiger partial charge >= 0.3 is 0 Å². The molecule has 13 heavy (non-hydrogen) atoms. The van der Waals surface area contributed by atoms with E-state index in [0.29, 0.717) is 12.8 Å². The molecule has 3 nitrogen and oxygen atoms in total. The molecule has 0 rings (SSSR count). The van der Waals surface area contributed by atoms with E-state index in [0.717, 1.165) is 6.54 Å². The summed E-state index contributed by atoms with van der Waals surface area (Å²) in [6, 6.07) is 0. The van der Waals surface area contributed by atoms with E-state index in [1.54, 1.807) is 6.92 Å². The van der Waals surface area contributed by atoms with Crippen LogP contribution in [0.2, 0.25) is 0 Å². The third-order valence-corrected chi connectivity index (χ3v) is 1.64. The van der Waals surface area contributed by atoms with Crippen LogP contribution in [0, 0.1) is 5.41 Å². The van der Waals surface area contributed by atoms with Crippen molar-refractivity contribution in [3.63, 3.8) is 0 Å². The normalized spacial score (nSPS) is 9.08. The molecule has 0 atom stereocenters. The third-order valence-electron chi connectivity index (χ3n) is 1.64. The highest BCUT2D eigenvalue weighted by molar-refractivity contribution is 6.38. The molecule has 0 radical (unpaired) electrons. The van der Waals surface area contributed by atoms with Gasteiger partial charge in [-0.3, -0.25) is 4.79 Å². The van der Waals surface area contributed by atoms with Crippen LogP contribution in [0.15, 0.2) is 0 Å². The van der Waals surface area contributed by atoms with Crippen LogP contribution in [0.3, 0.4) is 0 Å². The largest absolute Gasteiger partial charge is 0.310 e. The Morgan fingerprint density at radius 3 is 1.62 bits per heavy atom. The van der Waals surface area contributed by atoms with Crippen molar-refractivity contribution in [3.8, 4) is 0 Å². The van der Waals surface area contributed by atoms with Crippen LogP contribution >= 0.6 is 0 Å². The fraction of sp³-hybridized carbons (Fsp3) is 0.800. The number of nitrogens with one attached hydrogen (secondary N) is 1. The Kier molecular flexibility index (Phi) is 10.7. The lowest BCUT2D eigenvalue weighted by molar-refractivity contribution is -0.112. The summed E-state index contributed by atoms with van der Waals surface area (Å²) in [6.07, 6.45) is 1.03. The van der Waals surface area contributed by atoms with Gasteiger partial charge in [0.05, 0.1) is 5.71 Å². The van der Waals surface area contributed by atoms with Crippen LogP contribution in [-0.2, 0) is 4.79 Å². The summed E-state index contributed by atoms with van der Waals surface area (Å²) in [5, 5.41) is 6.99. The Morgan fingerprint density at radius 1 is 1.15 bits per heavy atom. The predicted molar refractivity (Wildman–Crippen MR) is 57.5 cm³/mol. The second-order valence-electron chi connectivity index (χ2n) is 3.00. The second-order valence-corrected chi connectivity index (χ2v) is 3.00. The average Bonchev–Trinajstić information content (AvgIpc) is 2.16. The number of rotatable bonds is 4. The molecule has 0 bridgehead atoms. The number of ketones is 1. The Balaban J connectivity index is 0. The smallest absolute Gasteiger partial charge is 0.176 e. The van der Waals surface area contributed by atoms with Crippen LogP contribution in [-0.4, -0.2) is 37.0 Å². The van der Waals surface area contributed by atoms with Gasteiger partial charge in [-0.15, -0.1) is 0 Å². The van der Waals surface area contributed by atoms with E-state index in [1.807, 2.05) is 6.92 Å². The fourth-order valence-electron chi connectivity index (χ4n) is 0.411. The van der Waals surface area contributed by atoms with Crippen molar-refractivity contribution in [1.29, 1.82) is 5.41 Å². The summed E-state index contributed by atoms with van der Waals surface area (Å²) in [7, 11) is 4.11. The van der Waals surface area contributed by atoms with E-state index in [1.165, 1.54) is 0 Å². The zero-order chi connectivity index (χ0) is 10.9. The van der Waals surface area contributed by atoms with Gasteiger partial charge in [0.2, 0.25) is 0 Å². The molecule has 0 aromatic carbocycles. The van der Waals surface area contributed by atoms with Gasteiger partial charge in [0, 0.05) is 6.42 Å². The number of carbonyl (C=O) groups excluding carboxylic acids is 1. The molecule has 0 aromatic heterocycles. The lowest BCUT2D eigenvalue weighted by Crippen LogP contribution is -2.08. The maximum Gasteiger partial charge on any atom is 0.176 e. The van der Waals surface area contributed by atoms with Crippen molar-refractivity contribution in [2.45, 2.75) is 33.6 Å². The third kappa shape index (κ3) is 11.3. The minimum absolute atomic E-state index is 0.0347. The summed E-state index contributed by atoms with van der Waals surface area (Å²) in [4.78, 5) is 12.6. The lowest BCUT2D eigenvalue weighted by Gasteiger charge is -2.00. The predicted octanol–water partition coefficient (Wildman–Crippen LogP) is 1.96. The number of Topliss-reactive ketones (excluding diaryl/α,β-unsaturated/α-hetero) is 1. The van der Waals surface area contributed by atoms with Gasteiger partial charge in [0.1, 0.15) is 0 Å². The van der Waals surface area contributed by atoms with E-state index >= 15 is 0 Å². The standard InChI is InChI=1S/C6H11NO.C4H11N/c1-3-5(7)6(8)4-2;1-4-5(2)3/h7H,3-4H2,1-2H3;4H2,1-3H3. The molecular weight excluding hydrogens is 164 g/mol. The van der Waals surface area contributed by atoms with Crippen LogP contribution in [0.4, 0.5) is 0 Å². The number of carbonyl (C=O) groups is 1. The molecule has 0 amide bonds. The van der Waals surface area contributed by atoms with E-state index in [4.69, 9.17) is 5.41 Å². The molecule has 0 aliphatic carbocycles. The highest BCUT2D eigenvalue weighted by Crippen LogP contribution is 1.87. The number of nitrogens with zero attached hydrogens (tertiary/aromatic N) is 1. The van der Waals surface area contributed by atoms with Crippen LogP contribution in [0.5, 0.6) is 0 Å². The maximum absolute atomic E-state index is 10.5. The Labute approximate surface area is 81.6 Å². The van der Waals surface area contributed by atoms with Crippen molar-refractivity contribution in [3.05, 3.63) is 0 Å². The number of hydrogen-bond acceptors (Lipinski definition) is 3. The molecule has 0 unspecified atom stereocenters. The Bertz CT molecular complexity index is 139. The minimum atomic E-state index is -0.0347. The van der Waals surface area contributed by atoms with Crippen molar-refractivity contribution < 1.29 is 4.79 Å². The topological polar surface area (TPSA) is 44.2 Å². The van der Waals surface area contributed by atoms with Gasteiger partial charge in [-0.1, -0.05) is 20.8 Å². The zero-order valence-electron chi connectivity index (χ0n) is 9.48. The average molecular weight is 186 g/mol. The zero-order valence-corrected chi connectivity index (χ0v) is 9.48. The van der Waals surface area contributed by atoms with E-state index in [-0.39, 0.29) is 11.5 Å². The monoisotopic (exact) mass is 186 g/mol. The number of hydrogen-bond donors (Lipinski definition) is 1. The highest BCUT2D eigenvalue weighted by atomic mass is 16.1. The Hall–Kier alpha value is -0.700. The first-order valence-corrected chi connectivity index (χ1v) is 4.74. The van der Waals surface area contributed by atoms with Crippen molar-refractivity contribution >= 4 is 11.5 Å². The molecule has 0 saturated heterocycles. The van der Waals surface area contributed by atoms with E-state index in [9.17, 15) is 4.79 Å². The molecule has 78 valence electrons. The van der Waals surface area contributed by atoms with Crippen LogP contribution < -0.4 is 0 Å². The molecule has 3 heteroatoms. The van der Waals surface area contributed by atoms with E-state index < -0.39 is 0 Å². The summed E-state index contributed by atoms with van der Waals surface area (Å²) < 4.78 is 0. The summed E-state index contributed by atoms with van der Waals surface area (Å²) in [5.74, 6) is -0.0347. The Morgan fingerprint density at radius 2 is 1.54 bits per heavy atom. The minimum Gasteiger partial charge on any atom is -0.310 e. The first-order chi connectivity index (χ1) is 5.99. The molecule has 0 fully saturated rings. The van der Waals surface area contributed by atoms with Gasteiger partial charge in [0.15, 0.2) is 5.78 Å². The molecular formula is C10H22N2O. The summed E-state index contributed by atoms with van der Waals surface area (Å²) >= 11 is 0. The van der Waals surface area contributed by atoms with Gasteiger partial charge in [-0.25, -0.2) is 0 Å². The van der Waals surface area contributed by atoms with Crippen LogP contribution in [0.1, 0.15) is 33.6 Å². The van der Waals surface area contributed by atoms with Crippen molar-refractivity contribution in [2.75, 3.05) is 20.6 Å². The maximum atomic E-state index is 10.5. The van der Waals surface area contributed by atoms with Gasteiger partial charge < -0.3 is 10.3 Å². The van der Waals surface area contributed by atoms with Gasteiger partial charge in [-0.2, -0.15) is 0 Å². The SMILES string of the molecule is CCC(=N)C(=O)CC.CCN(C)C. The lowest BCUT2D eigenvalue weighted by atomic mass is 10.1. The highest BCUT2D eigenvalue weighted by Gasteiger charge is 2.01. The fourth-order valence-corrected chi connectivity index (χ4v) is 0.411. The molecule has 0 aliphatic heterocycles. The summed E-state index contributed by atoms with van der Waals surface area (Å²) in [6.45, 7) is 6.85. The quantitative estimate of drug-likeness (QED) is 0.682. The molecule has 0 aromatic rings. The molecule has 0 heterocycles. The van der Waals surface area contributed by atoms with E-state index in [2.05, 4.69) is 25.9 Å². The summed E-state index contributed by atoms with van der Waals surface area (Å²) in [5.41, 5.74) is 0.243. The molecule has 0 saturated carbocycles. The van der Waals surface area contributed by atoms with Crippen LogP contribution in [0.25, 0.3) is 0 Å². The molecule has 1 N–H and O–H groups in total. The van der Waals surface area contributed by atoms with Crippen molar-refractivity contribution in [2.24, 2.45) is 0 Å². The van der Waals surface area contributed by atoms with Gasteiger partial charge in [0.25, 0.3) is 0 Å². The van der Waals surface area contributed by atoms with Crippen molar-refractivity contribution in [1.82, 2.24) is 4.90 Å². The first kappa shape index (κ1) is 14.8. The second kappa shape index (κ2) is 9.39.